The van der Waals surface area contributed by atoms with Gasteiger partial charge in [0, 0.05) is 13.1 Å². The Balaban J connectivity index is 0. The van der Waals surface area contributed by atoms with Gasteiger partial charge in [0.25, 0.3) is 0 Å². The zero-order valence-electron chi connectivity index (χ0n) is 17.6. The van der Waals surface area contributed by atoms with E-state index in [2.05, 4.69) is 38.3 Å². The molecule has 0 aromatic carbocycles. The van der Waals surface area contributed by atoms with Crippen LogP contribution in [0.15, 0.2) is 0 Å². The van der Waals surface area contributed by atoms with Gasteiger partial charge in [0.1, 0.15) is 0 Å². The lowest BCUT2D eigenvalue weighted by molar-refractivity contribution is 0.150. The maximum Gasteiger partial charge on any atom is 0.407 e. The Hall–Kier alpha value is -1.46. The van der Waals surface area contributed by atoms with E-state index in [4.69, 9.17) is 9.84 Å². The number of carbonyl (C=O) groups is 2. The predicted octanol–water partition coefficient (Wildman–Crippen LogP) is 5.42. The molecule has 0 rings (SSSR count). The minimum atomic E-state index is -0.912. The summed E-state index contributed by atoms with van der Waals surface area (Å²) in [6.07, 6.45) is 8.13. The second kappa shape index (κ2) is 19.9. The molecule has 0 spiro atoms. The van der Waals surface area contributed by atoms with E-state index >= 15 is 0 Å². The molecule has 0 radical (unpaired) electrons. The maximum absolute atomic E-state index is 11.0. The molecule has 6 heteroatoms. The van der Waals surface area contributed by atoms with Crippen molar-refractivity contribution >= 4 is 12.2 Å². The molecular formula is C20H42N2O4. The molecule has 0 bridgehead atoms. The number of carboxylic acid groups (broad SMARTS) is 1. The van der Waals surface area contributed by atoms with Gasteiger partial charge in [0.05, 0.1) is 6.61 Å². The van der Waals surface area contributed by atoms with Crippen molar-refractivity contribution in [1.82, 2.24) is 10.6 Å². The van der Waals surface area contributed by atoms with Crippen LogP contribution < -0.4 is 10.6 Å². The van der Waals surface area contributed by atoms with Gasteiger partial charge in [-0.1, -0.05) is 66.2 Å². The zero-order valence-corrected chi connectivity index (χ0v) is 17.6. The highest BCUT2D eigenvalue weighted by molar-refractivity contribution is 5.67. The molecule has 0 aliphatic heterocycles. The van der Waals surface area contributed by atoms with E-state index in [0.717, 1.165) is 25.8 Å². The van der Waals surface area contributed by atoms with Crippen LogP contribution in [0.3, 0.4) is 0 Å². The number of hydrogen-bond acceptors (Lipinski definition) is 3. The molecule has 0 aliphatic carbocycles. The zero-order chi connectivity index (χ0) is 20.2. The van der Waals surface area contributed by atoms with Crippen LogP contribution in [0, 0.1) is 11.8 Å². The Morgan fingerprint density at radius 3 is 1.65 bits per heavy atom. The molecule has 0 heterocycles. The normalized spacial score (nSPS) is 12.3. The molecule has 0 aromatic rings. The van der Waals surface area contributed by atoms with Crippen molar-refractivity contribution in [3.05, 3.63) is 0 Å². The topological polar surface area (TPSA) is 87.7 Å². The number of alkyl carbamates (subject to hydrolysis) is 1. The number of ether oxygens (including phenoxy) is 1. The third-order valence-electron chi connectivity index (χ3n) is 4.44. The van der Waals surface area contributed by atoms with Crippen LogP contribution in [0.4, 0.5) is 9.59 Å². The fraction of sp³-hybridized carbons (Fsp3) is 0.900. The van der Waals surface area contributed by atoms with E-state index in [1.54, 1.807) is 0 Å². The van der Waals surface area contributed by atoms with Crippen LogP contribution in [-0.4, -0.2) is 37.0 Å². The molecule has 3 N–H and O–H groups in total. The molecule has 26 heavy (non-hydrogen) atoms. The first-order valence-corrected chi connectivity index (χ1v) is 10.3. The molecule has 0 aliphatic rings. The number of amides is 2. The van der Waals surface area contributed by atoms with E-state index in [9.17, 15) is 9.59 Å². The first-order valence-electron chi connectivity index (χ1n) is 10.3. The Bertz CT molecular complexity index is 338. The standard InChI is InChI=1S/C11H23NO2.C9H19NO2/c1-4-7-8-10(5-2)9-12-11(13)14-6-3;1-3-5-6-8(4-2)7-10-9(11)12/h10H,4-9H2,1-3H3,(H,12,13);8,10H,3-7H2,1-2H3,(H,11,12). The van der Waals surface area contributed by atoms with E-state index in [1.165, 1.54) is 32.1 Å². The van der Waals surface area contributed by atoms with Gasteiger partial charge >= 0.3 is 12.2 Å². The molecule has 0 fully saturated rings. The van der Waals surface area contributed by atoms with Gasteiger partial charge in [-0.2, -0.15) is 0 Å². The number of nitrogens with one attached hydrogen (secondary N) is 2. The minimum Gasteiger partial charge on any atom is -0.465 e. The third kappa shape index (κ3) is 18.9. The molecule has 156 valence electrons. The maximum atomic E-state index is 11.0. The lowest BCUT2D eigenvalue weighted by Crippen LogP contribution is -2.29. The lowest BCUT2D eigenvalue weighted by Gasteiger charge is -2.14. The highest BCUT2D eigenvalue weighted by atomic mass is 16.5. The first kappa shape index (κ1) is 26.8. The summed E-state index contributed by atoms with van der Waals surface area (Å²) in [5.74, 6) is 1.11. The number of hydrogen-bond donors (Lipinski definition) is 3. The van der Waals surface area contributed by atoms with Gasteiger partial charge in [-0.25, -0.2) is 9.59 Å². The summed E-state index contributed by atoms with van der Waals surface area (Å²) < 4.78 is 4.79. The fourth-order valence-electron chi connectivity index (χ4n) is 2.53. The monoisotopic (exact) mass is 374 g/mol. The highest BCUT2D eigenvalue weighted by Gasteiger charge is 2.08. The largest absolute Gasteiger partial charge is 0.465 e. The number of rotatable bonds is 13. The second-order valence-electron chi connectivity index (χ2n) is 6.62. The van der Waals surface area contributed by atoms with Crippen LogP contribution in [0.25, 0.3) is 0 Å². The smallest absolute Gasteiger partial charge is 0.407 e. The summed E-state index contributed by atoms with van der Waals surface area (Å²) in [7, 11) is 0. The lowest BCUT2D eigenvalue weighted by atomic mass is 10.00. The Kier molecular flexibility index (Phi) is 20.4. The summed E-state index contributed by atoms with van der Waals surface area (Å²) in [5, 5.41) is 13.6. The minimum absolute atomic E-state index is 0.289. The van der Waals surface area contributed by atoms with Gasteiger partial charge in [0.15, 0.2) is 0 Å². The van der Waals surface area contributed by atoms with Crippen molar-refractivity contribution in [3.8, 4) is 0 Å². The van der Waals surface area contributed by atoms with E-state index in [0.29, 0.717) is 25.0 Å². The van der Waals surface area contributed by atoms with Crippen molar-refractivity contribution in [1.29, 1.82) is 0 Å². The van der Waals surface area contributed by atoms with Crippen LogP contribution in [-0.2, 0) is 4.74 Å². The van der Waals surface area contributed by atoms with Crippen LogP contribution >= 0.6 is 0 Å². The van der Waals surface area contributed by atoms with Crippen molar-refractivity contribution in [3.63, 3.8) is 0 Å². The van der Waals surface area contributed by atoms with Gasteiger partial charge in [-0.05, 0) is 31.6 Å². The van der Waals surface area contributed by atoms with Crippen LogP contribution in [0.2, 0.25) is 0 Å². The van der Waals surface area contributed by atoms with Crippen molar-refractivity contribution in [2.75, 3.05) is 19.7 Å². The molecule has 0 saturated heterocycles. The third-order valence-corrected chi connectivity index (χ3v) is 4.44. The quantitative estimate of drug-likeness (QED) is 0.402. The fourth-order valence-corrected chi connectivity index (χ4v) is 2.53. The predicted molar refractivity (Wildman–Crippen MR) is 108 cm³/mol. The van der Waals surface area contributed by atoms with Gasteiger partial charge in [0.2, 0.25) is 0 Å². The van der Waals surface area contributed by atoms with Gasteiger partial charge < -0.3 is 20.5 Å². The van der Waals surface area contributed by atoms with Crippen molar-refractivity contribution in [2.45, 2.75) is 86.0 Å². The van der Waals surface area contributed by atoms with Gasteiger partial charge in [-0.15, -0.1) is 0 Å². The van der Waals surface area contributed by atoms with Crippen LogP contribution in [0.5, 0.6) is 0 Å². The molecule has 2 amide bonds. The van der Waals surface area contributed by atoms with Crippen molar-refractivity contribution < 1.29 is 19.4 Å². The summed E-state index contributed by atoms with van der Waals surface area (Å²) >= 11 is 0. The molecule has 2 unspecified atom stereocenters. The Morgan fingerprint density at radius 1 is 0.846 bits per heavy atom. The second-order valence-corrected chi connectivity index (χ2v) is 6.62. The average molecular weight is 375 g/mol. The van der Waals surface area contributed by atoms with Gasteiger partial charge in [-0.3, -0.25) is 0 Å². The molecule has 2 atom stereocenters. The molecule has 0 aromatic heterocycles. The molecular weight excluding hydrogens is 332 g/mol. The Morgan fingerprint density at radius 2 is 1.31 bits per heavy atom. The first-order chi connectivity index (χ1) is 12.4. The molecule has 0 saturated carbocycles. The average Bonchev–Trinajstić information content (AvgIpc) is 2.62. The number of unbranched alkanes of at least 4 members (excludes halogenated alkanes) is 2. The van der Waals surface area contributed by atoms with E-state index in [1.807, 2.05) is 6.92 Å². The van der Waals surface area contributed by atoms with E-state index < -0.39 is 6.09 Å². The highest BCUT2D eigenvalue weighted by Crippen LogP contribution is 2.11. The van der Waals surface area contributed by atoms with Crippen molar-refractivity contribution in [2.24, 2.45) is 11.8 Å². The summed E-state index contributed by atoms with van der Waals surface area (Å²) in [6.45, 7) is 12.2. The Labute approximate surface area is 160 Å². The SMILES string of the molecule is CCCCC(CC)CNC(=O)O.CCCCC(CC)CNC(=O)OCC. The summed E-state index contributed by atoms with van der Waals surface area (Å²) in [5.41, 5.74) is 0. The van der Waals surface area contributed by atoms with E-state index in [-0.39, 0.29) is 6.09 Å². The number of carbonyl (C=O) groups excluding carboxylic acids is 1. The van der Waals surface area contributed by atoms with Crippen LogP contribution in [0.1, 0.15) is 86.0 Å². The summed E-state index contributed by atoms with van der Waals surface area (Å²) in [4.78, 5) is 21.2. The summed E-state index contributed by atoms with van der Waals surface area (Å²) in [6, 6.07) is 0. The molecule has 6 nitrogen and oxygen atoms in total.